The standard InChI is InChI=1S/C28H32N2O3/c1-2-3-13-20-29-28(32)27(24-16-9-5-10-17-24)30(21-23-14-7-4-8-15-23)26(31)22-33-25-18-11-6-12-19-25/h4-12,14-19,27H,2-3,13,20-22H2,1H3,(H,29,32)/t27-/m1/s1. The van der Waals surface area contributed by atoms with Crippen molar-refractivity contribution in [2.24, 2.45) is 0 Å². The molecule has 172 valence electrons. The maximum absolute atomic E-state index is 13.4. The molecule has 1 N–H and O–H groups in total. The molecule has 0 aliphatic carbocycles. The summed E-state index contributed by atoms with van der Waals surface area (Å²) in [6.07, 6.45) is 3.04. The van der Waals surface area contributed by atoms with Crippen molar-refractivity contribution < 1.29 is 14.3 Å². The van der Waals surface area contributed by atoms with Crippen LogP contribution in [0.2, 0.25) is 0 Å². The van der Waals surface area contributed by atoms with Gasteiger partial charge in [0, 0.05) is 13.1 Å². The van der Waals surface area contributed by atoms with Crippen LogP contribution in [-0.4, -0.2) is 29.9 Å². The Morgan fingerprint density at radius 3 is 2.09 bits per heavy atom. The van der Waals surface area contributed by atoms with E-state index >= 15 is 0 Å². The summed E-state index contributed by atoms with van der Waals surface area (Å²) in [6, 6.07) is 27.6. The minimum Gasteiger partial charge on any atom is -0.484 e. The Balaban J connectivity index is 1.86. The summed E-state index contributed by atoms with van der Waals surface area (Å²) in [5.74, 6) is 0.187. The summed E-state index contributed by atoms with van der Waals surface area (Å²) in [4.78, 5) is 28.4. The third-order valence-electron chi connectivity index (χ3n) is 5.38. The Bertz CT molecular complexity index is 978. The van der Waals surface area contributed by atoms with Gasteiger partial charge in [0.1, 0.15) is 11.8 Å². The molecule has 5 nitrogen and oxygen atoms in total. The van der Waals surface area contributed by atoms with E-state index < -0.39 is 6.04 Å². The van der Waals surface area contributed by atoms with Crippen LogP contribution in [0, 0.1) is 0 Å². The first-order valence-electron chi connectivity index (χ1n) is 11.5. The van der Waals surface area contributed by atoms with Crippen molar-refractivity contribution >= 4 is 11.8 Å². The van der Waals surface area contributed by atoms with Crippen molar-refractivity contribution in [2.45, 2.75) is 38.8 Å². The largest absolute Gasteiger partial charge is 0.484 e. The fraction of sp³-hybridized carbons (Fsp3) is 0.286. The number of unbranched alkanes of at least 4 members (excludes halogenated alkanes) is 2. The van der Waals surface area contributed by atoms with E-state index in [0.717, 1.165) is 30.4 Å². The van der Waals surface area contributed by atoms with Crippen molar-refractivity contribution in [1.29, 1.82) is 0 Å². The van der Waals surface area contributed by atoms with Crippen LogP contribution in [0.3, 0.4) is 0 Å². The highest BCUT2D eigenvalue weighted by molar-refractivity contribution is 5.89. The number of nitrogens with zero attached hydrogens (tertiary/aromatic N) is 1. The third kappa shape index (κ3) is 7.49. The second kappa shape index (κ2) is 13.1. The summed E-state index contributed by atoms with van der Waals surface area (Å²) >= 11 is 0. The highest BCUT2D eigenvalue weighted by Crippen LogP contribution is 2.24. The lowest BCUT2D eigenvalue weighted by molar-refractivity contribution is -0.143. The lowest BCUT2D eigenvalue weighted by Crippen LogP contribution is -2.45. The van der Waals surface area contributed by atoms with Crippen LogP contribution in [0.5, 0.6) is 5.75 Å². The molecule has 0 unspecified atom stereocenters. The van der Waals surface area contributed by atoms with E-state index in [1.54, 1.807) is 4.90 Å². The molecule has 0 fully saturated rings. The molecule has 0 aromatic heterocycles. The van der Waals surface area contributed by atoms with Gasteiger partial charge in [0.2, 0.25) is 5.91 Å². The second-order valence-electron chi connectivity index (χ2n) is 7.92. The maximum Gasteiger partial charge on any atom is 0.261 e. The molecule has 0 radical (unpaired) electrons. The third-order valence-corrected chi connectivity index (χ3v) is 5.38. The fourth-order valence-corrected chi connectivity index (χ4v) is 3.64. The Morgan fingerprint density at radius 1 is 0.848 bits per heavy atom. The number of amides is 2. The number of para-hydroxylation sites is 1. The predicted molar refractivity (Wildman–Crippen MR) is 131 cm³/mol. The normalized spacial score (nSPS) is 11.4. The van der Waals surface area contributed by atoms with E-state index in [9.17, 15) is 9.59 Å². The molecule has 0 aliphatic heterocycles. The topological polar surface area (TPSA) is 58.6 Å². The van der Waals surface area contributed by atoms with Gasteiger partial charge in [-0.25, -0.2) is 0 Å². The summed E-state index contributed by atoms with van der Waals surface area (Å²) in [5.41, 5.74) is 1.72. The van der Waals surface area contributed by atoms with E-state index in [1.807, 2.05) is 91.0 Å². The first-order valence-corrected chi connectivity index (χ1v) is 11.5. The Kier molecular flexibility index (Phi) is 9.52. The smallest absolute Gasteiger partial charge is 0.261 e. The molecule has 3 rings (SSSR count). The fourth-order valence-electron chi connectivity index (χ4n) is 3.64. The number of rotatable bonds is 12. The lowest BCUT2D eigenvalue weighted by atomic mass is 10.0. The molecule has 0 bridgehead atoms. The average molecular weight is 445 g/mol. The minimum atomic E-state index is -0.750. The SMILES string of the molecule is CCCCCNC(=O)[C@@H](c1ccccc1)N(Cc1ccccc1)C(=O)COc1ccccc1. The van der Waals surface area contributed by atoms with Crippen LogP contribution in [-0.2, 0) is 16.1 Å². The van der Waals surface area contributed by atoms with Gasteiger partial charge in [0.05, 0.1) is 0 Å². The van der Waals surface area contributed by atoms with Crippen molar-refractivity contribution in [2.75, 3.05) is 13.2 Å². The molecular formula is C28H32N2O3. The number of ether oxygens (including phenoxy) is 1. The number of carbonyl (C=O) groups is 2. The molecule has 0 aliphatic rings. The summed E-state index contributed by atoms with van der Waals surface area (Å²) in [7, 11) is 0. The van der Waals surface area contributed by atoms with E-state index in [2.05, 4.69) is 12.2 Å². The van der Waals surface area contributed by atoms with Crippen LogP contribution in [0.1, 0.15) is 43.4 Å². The van der Waals surface area contributed by atoms with Crippen LogP contribution in [0.4, 0.5) is 0 Å². The van der Waals surface area contributed by atoms with E-state index in [0.29, 0.717) is 18.8 Å². The Hall–Kier alpha value is -3.60. The molecule has 3 aromatic carbocycles. The molecule has 33 heavy (non-hydrogen) atoms. The average Bonchev–Trinajstić information content (AvgIpc) is 2.87. The van der Waals surface area contributed by atoms with E-state index in [1.165, 1.54) is 0 Å². The summed E-state index contributed by atoms with van der Waals surface area (Å²) < 4.78 is 5.74. The van der Waals surface area contributed by atoms with Crippen LogP contribution in [0.15, 0.2) is 91.0 Å². The Labute approximate surface area is 196 Å². The maximum atomic E-state index is 13.4. The molecule has 1 atom stereocenters. The molecule has 3 aromatic rings. The first-order chi connectivity index (χ1) is 16.2. The number of hydrogen-bond acceptors (Lipinski definition) is 3. The molecule has 0 heterocycles. The van der Waals surface area contributed by atoms with Gasteiger partial charge in [0.15, 0.2) is 6.61 Å². The zero-order valence-corrected chi connectivity index (χ0v) is 19.2. The minimum absolute atomic E-state index is 0.150. The molecular weight excluding hydrogens is 412 g/mol. The van der Waals surface area contributed by atoms with E-state index in [4.69, 9.17) is 4.74 Å². The second-order valence-corrected chi connectivity index (χ2v) is 7.92. The zero-order valence-electron chi connectivity index (χ0n) is 19.2. The van der Waals surface area contributed by atoms with Crippen molar-refractivity contribution in [3.05, 3.63) is 102 Å². The first kappa shape index (κ1) is 24.1. The van der Waals surface area contributed by atoms with Gasteiger partial charge >= 0.3 is 0 Å². The number of hydrogen-bond donors (Lipinski definition) is 1. The van der Waals surface area contributed by atoms with Gasteiger partial charge < -0.3 is 15.0 Å². The quantitative estimate of drug-likeness (QED) is 0.394. The Morgan fingerprint density at radius 2 is 1.45 bits per heavy atom. The van der Waals surface area contributed by atoms with Gasteiger partial charge in [-0.1, -0.05) is 98.6 Å². The number of carbonyl (C=O) groups excluding carboxylic acids is 2. The molecule has 2 amide bonds. The molecule has 0 spiro atoms. The van der Waals surface area contributed by atoms with Crippen LogP contribution in [0.25, 0.3) is 0 Å². The van der Waals surface area contributed by atoms with Gasteiger partial charge in [-0.15, -0.1) is 0 Å². The van der Waals surface area contributed by atoms with Gasteiger partial charge in [0.25, 0.3) is 5.91 Å². The van der Waals surface area contributed by atoms with Crippen molar-refractivity contribution in [3.63, 3.8) is 0 Å². The number of benzene rings is 3. The highest BCUT2D eigenvalue weighted by atomic mass is 16.5. The molecule has 5 heteroatoms. The number of nitrogens with one attached hydrogen (secondary N) is 1. The van der Waals surface area contributed by atoms with Gasteiger partial charge in [-0.05, 0) is 29.7 Å². The summed E-state index contributed by atoms with van der Waals surface area (Å²) in [5, 5.41) is 3.04. The van der Waals surface area contributed by atoms with Gasteiger partial charge in [-0.2, -0.15) is 0 Å². The molecule has 0 saturated heterocycles. The highest BCUT2D eigenvalue weighted by Gasteiger charge is 2.31. The predicted octanol–water partition coefficient (Wildman–Crippen LogP) is 5.14. The van der Waals surface area contributed by atoms with Crippen LogP contribution >= 0.6 is 0 Å². The van der Waals surface area contributed by atoms with Gasteiger partial charge in [-0.3, -0.25) is 9.59 Å². The summed E-state index contributed by atoms with van der Waals surface area (Å²) in [6.45, 7) is 2.87. The van der Waals surface area contributed by atoms with Crippen molar-refractivity contribution in [1.82, 2.24) is 10.2 Å². The molecule has 0 saturated carbocycles. The lowest BCUT2D eigenvalue weighted by Gasteiger charge is -2.31. The van der Waals surface area contributed by atoms with Crippen LogP contribution < -0.4 is 10.1 Å². The zero-order chi connectivity index (χ0) is 23.3. The monoisotopic (exact) mass is 444 g/mol. The van der Waals surface area contributed by atoms with Crippen molar-refractivity contribution in [3.8, 4) is 5.75 Å². The van der Waals surface area contributed by atoms with E-state index in [-0.39, 0.29) is 18.4 Å².